The molecule has 1 atom stereocenters. The first-order valence-electron chi connectivity index (χ1n) is 7.28. The van der Waals surface area contributed by atoms with Crippen molar-refractivity contribution in [1.29, 1.82) is 0 Å². The molecule has 2 aromatic rings. The summed E-state index contributed by atoms with van der Waals surface area (Å²) in [5.74, 6) is 0.350. The Hall–Kier alpha value is -2.30. The van der Waals surface area contributed by atoms with Crippen molar-refractivity contribution in [2.75, 3.05) is 10.6 Å². The van der Waals surface area contributed by atoms with Crippen LogP contribution in [0.3, 0.4) is 0 Å². The quantitative estimate of drug-likeness (QED) is 0.887. The first-order valence-corrected chi connectivity index (χ1v) is 7.28. The lowest BCUT2D eigenvalue weighted by molar-refractivity contribution is -0.117. The molecule has 0 saturated heterocycles. The largest absolute Gasteiger partial charge is 0.378 e. The highest BCUT2D eigenvalue weighted by atomic mass is 16.2. The molecule has 5 heteroatoms. The van der Waals surface area contributed by atoms with Gasteiger partial charge in [0.1, 0.15) is 0 Å². The fourth-order valence-electron chi connectivity index (χ4n) is 2.27. The van der Waals surface area contributed by atoms with E-state index in [4.69, 9.17) is 0 Å². The average Bonchev–Trinajstić information content (AvgIpc) is 3.21. The maximum Gasteiger partial charge on any atom is 0.227 e. The zero-order valence-corrected chi connectivity index (χ0v) is 12.3. The fraction of sp³-hybridized carbons (Fsp3) is 0.375. The number of carbonyl (C=O) groups is 1. The molecule has 2 N–H and O–H groups in total. The van der Waals surface area contributed by atoms with Crippen LogP contribution in [-0.2, 0) is 11.8 Å². The van der Waals surface area contributed by atoms with Crippen molar-refractivity contribution in [3.8, 4) is 0 Å². The Balaban J connectivity index is 1.66. The Morgan fingerprint density at radius 2 is 2.14 bits per heavy atom. The molecule has 1 aliphatic carbocycles. The SMILES string of the molecule is CC(Nc1cccc(NC(=O)C2CC2)c1)c1cnn(C)c1. The maximum absolute atomic E-state index is 11.8. The van der Waals surface area contributed by atoms with Gasteiger partial charge in [-0.3, -0.25) is 9.48 Å². The van der Waals surface area contributed by atoms with Crippen LogP contribution in [0.2, 0.25) is 0 Å². The molecule has 1 fully saturated rings. The van der Waals surface area contributed by atoms with E-state index in [1.54, 1.807) is 4.68 Å². The van der Waals surface area contributed by atoms with Gasteiger partial charge in [0, 0.05) is 36.1 Å². The number of hydrogen-bond donors (Lipinski definition) is 2. The summed E-state index contributed by atoms with van der Waals surface area (Å²) in [6.07, 6.45) is 5.89. The summed E-state index contributed by atoms with van der Waals surface area (Å²) in [5.41, 5.74) is 2.96. The Bertz CT molecular complexity index is 645. The monoisotopic (exact) mass is 284 g/mol. The van der Waals surface area contributed by atoms with Gasteiger partial charge in [-0.25, -0.2) is 0 Å². The van der Waals surface area contributed by atoms with Crippen LogP contribution in [0, 0.1) is 5.92 Å². The average molecular weight is 284 g/mol. The summed E-state index contributed by atoms with van der Waals surface area (Å²) in [6.45, 7) is 2.09. The predicted octanol–water partition coefficient (Wildman–Crippen LogP) is 2.94. The molecule has 5 nitrogen and oxygen atoms in total. The molecule has 3 rings (SSSR count). The molecule has 1 amide bonds. The third kappa shape index (κ3) is 3.42. The Morgan fingerprint density at radius 1 is 1.38 bits per heavy atom. The van der Waals surface area contributed by atoms with E-state index >= 15 is 0 Å². The van der Waals surface area contributed by atoms with Crippen molar-refractivity contribution in [2.45, 2.75) is 25.8 Å². The van der Waals surface area contributed by atoms with E-state index in [1.807, 2.05) is 43.7 Å². The second-order valence-corrected chi connectivity index (χ2v) is 5.66. The molecule has 0 spiro atoms. The molecule has 1 saturated carbocycles. The number of nitrogens with zero attached hydrogens (tertiary/aromatic N) is 2. The number of aryl methyl sites for hydroxylation is 1. The third-order valence-electron chi connectivity index (χ3n) is 3.69. The van der Waals surface area contributed by atoms with E-state index in [9.17, 15) is 4.79 Å². The van der Waals surface area contributed by atoms with Gasteiger partial charge in [-0.2, -0.15) is 5.10 Å². The molecule has 1 heterocycles. The van der Waals surface area contributed by atoms with Crippen LogP contribution in [0.1, 0.15) is 31.4 Å². The first-order chi connectivity index (χ1) is 10.1. The zero-order chi connectivity index (χ0) is 14.8. The Kier molecular flexibility index (Phi) is 3.64. The number of aromatic nitrogens is 2. The minimum absolute atomic E-state index is 0.132. The third-order valence-corrected chi connectivity index (χ3v) is 3.69. The number of amides is 1. The summed E-state index contributed by atoms with van der Waals surface area (Å²) < 4.78 is 1.79. The smallest absolute Gasteiger partial charge is 0.227 e. The van der Waals surface area contributed by atoms with Crippen molar-refractivity contribution in [2.24, 2.45) is 13.0 Å². The van der Waals surface area contributed by atoms with Crippen LogP contribution >= 0.6 is 0 Å². The van der Waals surface area contributed by atoms with Gasteiger partial charge in [0.25, 0.3) is 0 Å². The molecule has 1 unspecified atom stereocenters. The van der Waals surface area contributed by atoms with Crippen molar-refractivity contribution in [1.82, 2.24) is 9.78 Å². The highest BCUT2D eigenvalue weighted by Crippen LogP contribution is 2.30. The molecule has 1 aromatic carbocycles. The number of hydrogen-bond acceptors (Lipinski definition) is 3. The molecular formula is C16H20N4O. The second kappa shape index (κ2) is 5.60. The summed E-state index contributed by atoms with van der Waals surface area (Å²) in [7, 11) is 1.91. The molecule has 110 valence electrons. The van der Waals surface area contributed by atoms with Gasteiger partial charge in [-0.05, 0) is 38.0 Å². The Morgan fingerprint density at radius 3 is 2.81 bits per heavy atom. The lowest BCUT2D eigenvalue weighted by atomic mass is 10.1. The van der Waals surface area contributed by atoms with Gasteiger partial charge >= 0.3 is 0 Å². The minimum atomic E-state index is 0.132. The Labute approximate surface area is 124 Å². The molecule has 1 aromatic heterocycles. The number of nitrogens with one attached hydrogen (secondary N) is 2. The van der Waals surface area contributed by atoms with E-state index in [0.29, 0.717) is 0 Å². The second-order valence-electron chi connectivity index (χ2n) is 5.66. The first kappa shape index (κ1) is 13.7. The maximum atomic E-state index is 11.8. The molecular weight excluding hydrogens is 264 g/mol. The van der Waals surface area contributed by atoms with Crippen LogP contribution in [0.4, 0.5) is 11.4 Å². The van der Waals surface area contributed by atoms with Crippen molar-refractivity contribution in [3.63, 3.8) is 0 Å². The highest BCUT2D eigenvalue weighted by molar-refractivity contribution is 5.94. The standard InChI is InChI=1S/C16H20N4O/c1-11(13-9-17-20(2)10-13)18-14-4-3-5-15(8-14)19-16(21)12-6-7-12/h3-5,8-12,18H,6-7H2,1-2H3,(H,19,21). The molecule has 1 aliphatic rings. The molecule has 21 heavy (non-hydrogen) atoms. The van der Waals surface area contributed by atoms with E-state index in [2.05, 4.69) is 22.7 Å². The lowest BCUT2D eigenvalue weighted by Crippen LogP contribution is -2.13. The van der Waals surface area contributed by atoms with E-state index in [1.165, 1.54) is 0 Å². The number of carbonyl (C=O) groups excluding carboxylic acids is 1. The van der Waals surface area contributed by atoms with E-state index in [0.717, 1.165) is 29.8 Å². The van der Waals surface area contributed by atoms with Crippen LogP contribution in [0.15, 0.2) is 36.7 Å². The molecule has 0 radical (unpaired) electrons. The van der Waals surface area contributed by atoms with Gasteiger partial charge in [0.15, 0.2) is 0 Å². The summed E-state index contributed by atoms with van der Waals surface area (Å²) >= 11 is 0. The normalized spacial score (nSPS) is 15.5. The zero-order valence-electron chi connectivity index (χ0n) is 12.3. The van der Waals surface area contributed by atoms with Gasteiger partial charge in [-0.1, -0.05) is 6.07 Å². The summed E-state index contributed by atoms with van der Waals surface area (Å²) in [4.78, 5) is 11.8. The van der Waals surface area contributed by atoms with Crippen LogP contribution in [-0.4, -0.2) is 15.7 Å². The molecule has 0 aliphatic heterocycles. The van der Waals surface area contributed by atoms with E-state index in [-0.39, 0.29) is 17.9 Å². The molecule has 0 bridgehead atoms. The summed E-state index contributed by atoms with van der Waals surface area (Å²) in [6, 6.07) is 7.99. The van der Waals surface area contributed by atoms with Crippen LogP contribution < -0.4 is 10.6 Å². The fourth-order valence-corrected chi connectivity index (χ4v) is 2.27. The van der Waals surface area contributed by atoms with Gasteiger partial charge < -0.3 is 10.6 Å². The number of benzene rings is 1. The van der Waals surface area contributed by atoms with Crippen molar-refractivity contribution >= 4 is 17.3 Å². The van der Waals surface area contributed by atoms with Crippen LogP contribution in [0.25, 0.3) is 0 Å². The van der Waals surface area contributed by atoms with E-state index < -0.39 is 0 Å². The van der Waals surface area contributed by atoms with Crippen molar-refractivity contribution in [3.05, 3.63) is 42.2 Å². The number of anilines is 2. The van der Waals surface area contributed by atoms with Gasteiger partial charge in [-0.15, -0.1) is 0 Å². The minimum Gasteiger partial charge on any atom is -0.378 e. The van der Waals surface area contributed by atoms with Crippen molar-refractivity contribution < 1.29 is 4.79 Å². The van der Waals surface area contributed by atoms with Gasteiger partial charge in [0.05, 0.1) is 12.2 Å². The number of rotatable bonds is 5. The lowest BCUT2D eigenvalue weighted by Gasteiger charge is -2.14. The topological polar surface area (TPSA) is 58.9 Å². The van der Waals surface area contributed by atoms with Gasteiger partial charge in [0.2, 0.25) is 5.91 Å². The predicted molar refractivity (Wildman–Crippen MR) is 83.0 cm³/mol. The van der Waals surface area contributed by atoms with Crippen LogP contribution in [0.5, 0.6) is 0 Å². The summed E-state index contributed by atoms with van der Waals surface area (Å²) in [5, 5.41) is 10.6. The highest BCUT2D eigenvalue weighted by Gasteiger charge is 2.29.